The molecule has 182 valence electrons. The maximum absolute atomic E-state index is 12.5. The van der Waals surface area contributed by atoms with Crippen molar-refractivity contribution in [3.8, 4) is 17.0 Å². The summed E-state index contributed by atoms with van der Waals surface area (Å²) in [6.07, 6.45) is 2.97. The summed E-state index contributed by atoms with van der Waals surface area (Å²) in [7, 11) is 0. The summed E-state index contributed by atoms with van der Waals surface area (Å²) >= 11 is 0. The van der Waals surface area contributed by atoms with Gasteiger partial charge in [0.15, 0.2) is 0 Å². The van der Waals surface area contributed by atoms with Gasteiger partial charge in [-0.05, 0) is 62.3 Å². The summed E-state index contributed by atoms with van der Waals surface area (Å²) in [5, 5.41) is 3.91. The first-order valence-electron chi connectivity index (χ1n) is 12.4. The van der Waals surface area contributed by atoms with Gasteiger partial charge in [0.2, 0.25) is 0 Å². The molecule has 0 bridgehead atoms. The molecule has 4 rings (SSSR count). The SMILES string of the molecule is CCOc1ccc2c(N)c(-c3ccc(NC(=O)OC(C(C)C)C(C)C)cc3)n(C3CCC3)c2c1. The Morgan fingerprint density at radius 1 is 1.09 bits per heavy atom. The van der Waals surface area contributed by atoms with Crippen LogP contribution in [0.15, 0.2) is 42.5 Å². The number of nitrogen functional groups attached to an aromatic ring is 1. The highest BCUT2D eigenvalue weighted by molar-refractivity contribution is 6.01. The van der Waals surface area contributed by atoms with Crippen molar-refractivity contribution in [2.24, 2.45) is 11.8 Å². The average Bonchev–Trinajstić information content (AvgIpc) is 3.03. The van der Waals surface area contributed by atoms with E-state index in [2.05, 4.69) is 49.7 Å². The molecule has 3 N–H and O–H groups in total. The van der Waals surface area contributed by atoms with Gasteiger partial charge in [-0.1, -0.05) is 39.8 Å². The number of anilines is 2. The van der Waals surface area contributed by atoms with Crippen molar-refractivity contribution >= 4 is 28.4 Å². The number of nitrogens with one attached hydrogen (secondary N) is 1. The van der Waals surface area contributed by atoms with E-state index in [0.717, 1.165) is 46.4 Å². The zero-order valence-electron chi connectivity index (χ0n) is 20.9. The van der Waals surface area contributed by atoms with Crippen LogP contribution in [-0.2, 0) is 4.74 Å². The number of carbonyl (C=O) groups excluding carboxylic acids is 1. The molecule has 6 heteroatoms. The summed E-state index contributed by atoms with van der Waals surface area (Å²) in [4.78, 5) is 12.5. The van der Waals surface area contributed by atoms with E-state index in [1.807, 2.05) is 37.3 Å². The molecule has 3 aromatic rings. The molecule has 2 aromatic carbocycles. The molecule has 0 unspecified atom stereocenters. The summed E-state index contributed by atoms with van der Waals surface area (Å²) in [6, 6.07) is 14.4. The smallest absolute Gasteiger partial charge is 0.411 e. The predicted molar refractivity (Wildman–Crippen MR) is 139 cm³/mol. The topological polar surface area (TPSA) is 78.5 Å². The Balaban J connectivity index is 1.62. The third-order valence-electron chi connectivity index (χ3n) is 6.73. The number of hydrogen-bond acceptors (Lipinski definition) is 4. The van der Waals surface area contributed by atoms with E-state index in [0.29, 0.717) is 18.3 Å². The Hall–Kier alpha value is -3.15. The van der Waals surface area contributed by atoms with Gasteiger partial charge in [-0.3, -0.25) is 5.32 Å². The second-order valence-electron chi connectivity index (χ2n) is 9.89. The van der Waals surface area contributed by atoms with E-state index in [9.17, 15) is 4.79 Å². The van der Waals surface area contributed by atoms with Gasteiger partial charge in [0.05, 0.1) is 23.5 Å². The summed E-state index contributed by atoms with van der Waals surface area (Å²) in [5.74, 6) is 1.37. The minimum absolute atomic E-state index is 0.126. The highest BCUT2D eigenvalue weighted by Crippen LogP contribution is 2.44. The Morgan fingerprint density at radius 2 is 1.76 bits per heavy atom. The average molecular weight is 464 g/mol. The van der Waals surface area contributed by atoms with Crippen LogP contribution in [0.4, 0.5) is 16.2 Å². The number of fused-ring (bicyclic) bond motifs is 1. The molecule has 1 aliphatic rings. The zero-order chi connectivity index (χ0) is 24.4. The lowest BCUT2D eigenvalue weighted by Gasteiger charge is -2.30. The van der Waals surface area contributed by atoms with Crippen molar-refractivity contribution in [1.82, 2.24) is 4.57 Å². The van der Waals surface area contributed by atoms with E-state index in [-0.39, 0.29) is 17.9 Å². The molecule has 1 fully saturated rings. The molecular weight excluding hydrogens is 426 g/mol. The van der Waals surface area contributed by atoms with Crippen LogP contribution in [0.5, 0.6) is 5.75 Å². The summed E-state index contributed by atoms with van der Waals surface area (Å²) < 4.78 is 13.8. The highest BCUT2D eigenvalue weighted by atomic mass is 16.6. The van der Waals surface area contributed by atoms with Crippen LogP contribution in [0.2, 0.25) is 0 Å². The maximum atomic E-state index is 12.5. The Bertz CT molecular complexity index is 1140. The maximum Gasteiger partial charge on any atom is 0.411 e. The number of nitrogens with zero attached hydrogens (tertiary/aromatic N) is 1. The summed E-state index contributed by atoms with van der Waals surface area (Å²) in [6.45, 7) is 10.9. The highest BCUT2D eigenvalue weighted by Gasteiger charge is 2.27. The van der Waals surface area contributed by atoms with Crippen molar-refractivity contribution < 1.29 is 14.3 Å². The third-order valence-corrected chi connectivity index (χ3v) is 6.73. The van der Waals surface area contributed by atoms with Gasteiger partial charge in [-0.2, -0.15) is 0 Å². The largest absolute Gasteiger partial charge is 0.494 e. The van der Waals surface area contributed by atoms with Gasteiger partial charge in [-0.25, -0.2) is 4.79 Å². The number of nitrogens with two attached hydrogens (primary N) is 1. The predicted octanol–water partition coefficient (Wildman–Crippen LogP) is 7.24. The number of benzene rings is 2. The molecule has 0 spiro atoms. The van der Waals surface area contributed by atoms with E-state index in [4.69, 9.17) is 15.2 Å². The van der Waals surface area contributed by atoms with Crippen LogP contribution in [0.3, 0.4) is 0 Å². The first-order chi connectivity index (χ1) is 16.3. The number of amides is 1. The van der Waals surface area contributed by atoms with Crippen LogP contribution in [0.25, 0.3) is 22.2 Å². The normalized spacial score (nSPS) is 14.1. The van der Waals surface area contributed by atoms with Crippen LogP contribution in [0.1, 0.15) is 59.9 Å². The van der Waals surface area contributed by atoms with Gasteiger partial charge in [-0.15, -0.1) is 0 Å². The van der Waals surface area contributed by atoms with Crippen molar-refractivity contribution in [3.05, 3.63) is 42.5 Å². The molecular formula is C28H37N3O3. The Labute approximate surface area is 202 Å². The van der Waals surface area contributed by atoms with E-state index < -0.39 is 6.09 Å². The molecule has 0 saturated heterocycles. The van der Waals surface area contributed by atoms with Crippen molar-refractivity contribution in [3.63, 3.8) is 0 Å². The van der Waals surface area contributed by atoms with Crippen LogP contribution in [-0.4, -0.2) is 23.4 Å². The monoisotopic (exact) mass is 463 g/mol. The summed E-state index contributed by atoms with van der Waals surface area (Å²) in [5.41, 5.74) is 11.3. The van der Waals surface area contributed by atoms with Gasteiger partial charge in [0.1, 0.15) is 11.9 Å². The van der Waals surface area contributed by atoms with E-state index in [1.165, 1.54) is 6.42 Å². The number of carbonyl (C=O) groups is 1. The fourth-order valence-corrected chi connectivity index (χ4v) is 4.92. The molecule has 1 heterocycles. The van der Waals surface area contributed by atoms with E-state index >= 15 is 0 Å². The minimum atomic E-state index is -0.424. The fourth-order valence-electron chi connectivity index (χ4n) is 4.92. The molecule has 1 aliphatic carbocycles. The zero-order valence-corrected chi connectivity index (χ0v) is 20.9. The number of ether oxygens (including phenoxy) is 2. The molecule has 34 heavy (non-hydrogen) atoms. The van der Waals surface area contributed by atoms with Crippen LogP contribution in [0, 0.1) is 11.8 Å². The lowest BCUT2D eigenvalue weighted by molar-refractivity contribution is 0.0516. The van der Waals surface area contributed by atoms with Gasteiger partial charge in [0.25, 0.3) is 0 Å². The minimum Gasteiger partial charge on any atom is -0.494 e. The number of hydrogen-bond donors (Lipinski definition) is 2. The Morgan fingerprint density at radius 3 is 2.32 bits per heavy atom. The van der Waals surface area contributed by atoms with Crippen molar-refractivity contribution in [2.75, 3.05) is 17.7 Å². The fraction of sp³-hybridized carbons (Fsp3) is 0.464. The molecule has 0 radical (unpaired) electrons. The molecule has 1 amide bonds. The van der Waals surface area contributed by atoms with Gasteiger partial charge in [0, 0.05) is 28.7 Å². The first-order valence-corrected chi connectivity index (χ1v) is 12.4. The number of aromatic nitrogens is 1. The van der Waals surface area contributed by atoms with Crippen molar-refractivity contribution in [1.29, 1.82) is 0 Å². The first kappa shape index (κ1) is 24.0. The standard InChI is InChI=1S/C28H37N3O3/c1-6-33-22-14-15-23-24(16-22)31(21-8-7-9-21)26(25(23)29)19-10-12-20(13-11-19)30-28(32)34-27(17(2)3)18(4)5/h10-18,21,27H,6-9,29H2,1-5H3,(H,30,32). The lowest BCUT2D eigenvalue weighted by Crippen LogP contribution is -2.30. The molecule has 0 atom stereocenters. The second kappa shape index (κ2) is 10.00. The molecule has 0 aliphatic heterocycles. The molecule has 1 aromatic heterocycles. The second-order valence-corrected chi connectivity index (χ2v) is 9.89. The molecule has 1 saturated carbocycles. The Kier molecular flexibility index (Phi) is 7.05. The van der Waals surface area contributed by atoms with Gasteiger partial charge < -0.3 is 19.8 Å². The molecule has 6 nitrogen and oxygen atoms in total. The third kappa shape index (κ3) is 4.72. The van der Waals surface area contributed by atoms with Crippen molar-refractivity contribution in [2.45, 2.75) is 66.0 Å². The quantitative estimate of drug-likeness (QED) is 0.369. The van der Waals surface area contributed by atoms with Gasteiger partial charge >= 0.3 is 6.09 Å². The number of rotatable bonds is 8. The van der Waals surface area contributed by atoms with E-state index in [1.54, 1.807) is 0 Å². The lowest BCUT2D eigenvalue weighted by atomic mass is 9.92. The van der Waals surface area contributed by atoms with Crippen LogP contribution >= 0.6 is 0 Å². The van der Waals surface area contributed by atoms with Crippen LogP contribution < -0.4 is 15.8 Å².